The Hall–Kier alpha value is -2.59. The van der Waals surface area contributed by atoms with Crippen LogP contribution in [0.1, 0.15) is 24.8 Å². The molecule has 0 aromatic heterocycles. The number of carbonyl (C=O) groups excluding carboxylic acids is 2. The van der Waals surface area contributed by atoms with Gasteiger partial charge in [-0.2, -0.15) is 5.26 Å². The number of likely N-dealkylation sites (N-methyl/N-ethyl adjacent to an activating group) is 1. The van der Waals surface area contributed by atoms with E-state index in [4.69, 9.17) is 5.26 Å². The van der Waals surface area contributed by atoms with Crippen LogP contribution in [0.25, 0.3) is 0 Å². The lowest BCUT2D eigenvalue weighted by Gasteiger charge is -2.49. The lowest BCUT2D eigenvalue weighted by molar-refractivity contribution is -0.129. The smallest absolute Gasteiger partial charge is 0.321 e. The van der Waals surface area contributed by atoms with E-state index >= 15 is 0 Å². The van der Waals surface area contributed by atoms with Gasteiger partial charge < -0.3 is 15.1 Å². The second-order valence-electron chi connectivity index (χ2n) is 7.26. The Morgan fingerprint density at radius 3 is 2.81 bits per heavy atom. The molecule has 7 heteroatoms. The fourth-order valence-corrected chi connectivity index (χ4v) is 3.80. The summed E-state index contributed by atoms with van der Waals surface area (Å²) in [5.41, 5.74) is 0.977. The Morgan fingerprint density at radius 1 is 1.23 bits per heavy atom. The monoisotopic (exact) mass is 355 g/mol. The molecule has 1 N–H and O–H groups in total. The van der Waals surface area contributed by atoms with Gasteiger partial charge in [-0.25, -0.2) is 4.79 Å². The number of nitrogens with zero attached hydrogens (tertiary/aromatic N) is 4. The summed E-state index contributed by atoms with van der Waals surface area (Å²) in [6.45, 7) is 2.74. The highest BCUT2D eigenvalue weighted by atomic mass is 16.2. The fourth-order valence-electron chi connectivity index (χ4n) is 3.80. The summed E-state index contributed by atoms with van der Waals surface area (Å²) in [5, 5.41) is 11.9. The number of hydrogen-bond acceptors (Lipinski definition) is 4. The zero-order valence-corrected chi connectivity index (χ0v) is 15.4. The molecular formula is C19H25N5O2. The molecular weight excluding hydrogens is 330 g/mol. The third-order valence-corrected chi connectivity index (χ3v) is 5.67. The van der Waals surface area contributed by atoms with Gasteiger partial charge in [0.15, 0.2) is 0 Å². The summed E-state index contributed by atoms with van der Waals surface area (Å²) in [7, 11) is 3.93. The molecule has 2 heterocycles. The van der Waals surface area contributed by atoms with Gasteiger partial charge in [0.2, 0.25) is 5.91 Å². The highest BCUT2D eigenvalue weighted by Gasteiger charge is 2.42. The van der Waals surface area contributed by atoms with E-state index in [-0.39, 0.29) is 17.5 Å². The molecule has 1 aromatic rings. The molecule has 1 spiro atoms. The maximum Gasteiger partial charge on any atom is 0.321 e. The van der Waals surface area contributed by atoms with Crippen LogP contribution in [-0.4, -0.2) is 72.5 Å². The first kappa shape index (κ1) is 18.2. The Balaban J connectivity index is 1.72. The summed E-state index contributed by atoms with van der Waals surface area (Å²) in [6.07, 6.45) is 2.14. The van der Waals surface area contributed by atoms with E-state index in [1.165, 1.54) is 0 Å². The van der Waals surface area contributed by atoms with Crippen LogP contribution in [0.2, 0.25) is 0 Å². The number of nitriles is 1. The van der Waals surface area contributed by atoms with Crippen molar-refractivity contribution in [3.63, 3.8) is 0 Å². The van der Waals surface area contributed by atoms with E-state index in [9.17, 15) is 9.59 Å². The third-order valence-electron chi connectivity index (χ3n) is 5.67. The Morgan fingerprint density at radius 2 is 2.04 bits per heavy atom. The zero-order chi connectivity index (χ0) is 18.7. The second-order valence-corrected chi connectivity index (χ2v) is 7.26. The molecule has 0 bridgehead atoms. The molecule has 138 valence electrons. The molecule has 0 aliphatic carbocycles. The van der Waals surface area contributed by atoms with Crippen molar-refractivity contribution in [2.24, 2.45) is 0 Å². The van der Waals surface area contributed by atoms with Crippen LogP contribution in [-0.2, 0) is 4.79 Å². The summed E-state index contributed by atoms with van der Waals surface area (Å²) in [4.78, 5) is 30.7. The van der Waals surface area contributed by atoms with Crippen molar-refractivity contribution in [1.29, 1.82) is 5.26 Å². The van der Waals surface area contributed by atoms with Gasteiger partial charge in [0.25, 0.3) is 0 Å². The van der Waals surface area contributed by atoms with E-state index in [1.54, 1.807) is 29.2 Å². The normalized spacial score (nSPS) is 24.3. The van der Waals surface area contributed by atoms with Crippen LogP contribution >= 0.6 is 0 Å². The number of benzene rings is 1. The van der Waals surface area contributed by atoms with Crippen molar-refractivity contribution in [2.75, 3.05) is 45.6 Å². The quantitative estimate of drug-likeness (QED) is 0.832. The lowest BCUT2D eigenvalue weighted by atomic mass is 9.86. The van der Waals surface area contributed by atoms with E-state index in [2.05, 4.69) is 23.3 Å². The molecule has 2 aliphatic rings. The van der Waals surface area contributed by atoms with E-state index in [1.807, 2.05) is 11.9 Å². The Kier molecular flexibility index (Phi) is 5.14. The third kappa shape index (κ3) is 3.65. The van der Waals surface area contributed by atoms with E-state index in [0.717, 1.165) is 19.4 Å². The molecule has 1 unspecified atom stereocenters. The number of hydrogen-bond donors (Lipinski definition) is 1. The van der Waals surface area contributed by atoms with Crippen LogP contribution in [0.5, 0.6) is 0 Å². The van der Waals surface area contributed by atoms with Crippen LogP contribution in [0.15, 0.2) is 24.3 Å². The predicted molar refractivity (Wildman–Crippen MR) is 98.6 cm³/mol. The Labute approximate surface area is 154 Å². The summed E-state index contributed by atoms with van der Waals surface area (Å²) in [5.74, 6) is 0.171. The number of amides is 3. The molecule has 0 radical (unpaired) electrons. The first-order valence-corrected chi connectivity index (χ1v) is 8.95. The van der Waals surface area contributed by atoms with Crippen molar-refractivity contribution in [3.8, 4) is 6.07 Å². The number of nitrogens with one attached hydrogen (secondary N) is 1. The van der Waals surface area contributed by atoms with Crippen LogP contribution in [0.4, 0.5) is 10.5 Å². The first-order chi connectivity index (χ1) is 12.4. The molecule has 2 saturated heterocycles. The number of rotatable bonds is 1. The van der Waals surface area contributed by atoms with Gasteiger partial charge in [-0.05, 0) is 38.1 Å². The van der Waals surface area contributed by atoms with E-state index < -0.39 is 0 Å². The molecule has 3 amide bonds. The maximum atomic E-state index is 12.8. The van der Waals surface area contributed by atoms with Gasteiger partial charge in [-0.15, -0.1) is 0 Å². The molecule has 0 saturated carbocycles. The molecule has 1 aromatic carbocycles. The minimum atomic E-state index is -0.162. The highest BCUT2D eigenvalue weighted by molar-refractivity contribution is 5.89. The van der Waals surface area contributed by atoms with Gasteiger partial charge in [0.1, 0.15) is 0 Å². The van der Waals surface area contributed by atoms with Crippen LogP contribution in [0, 0.1) is 11.3 Å². The number of anilines is 1. The van der Waals surface area contributed by atoms with Crippen LogP contribution < -0.4 is 5.32 Å². The number of likely N-dealkylation sites (tertiary alicyclic amines) is 1. The van der Waals surface area contributed by atoms with Gasteiger partial charge in [0, 0.05) is 50.9 Å². The molecule has 3 rings (SSSR count). The average molecular weight is 355 g/mol. The van der Waals surface area contributed by atoms with E-state index in [0.29, 0.717) is 37.3 Å². The van der Waals surface area contributed by atoms with Crippen molar-refractivity contribution in [2.45, 2.75) is 24.8 Å². The highest BCUT2D eigenvalue weighted by Crippen LogP contribution is 2.32. The predicted octanol–water partition coefficient (Wildman–Crippen LogP) is 1.72. The molecule has 2 aliphatic heterocycles. The largest absolute Gasteiger partial charge is 0.346 e. The fraction of sp³-hybridized carbons (Fsp3) is 0.526. The maximum absolute atomic E-state index is 12.8. The zero-order valence-electron chi connectivity index (χ0n) is 15.4. The van der Waals surface area contributed by atoms with Gasteiger partial charge in [-0.1, -0.05) is 6.07 Å². The summed E-state index contributed by atoms with van der Waals surface area (Å²) < 4.78 is 0. The number of urea groups is 1. The molecule has 2 fully saturated rings. The first-order valence-electron chi connectivity index (χ1n) is 8.95. The Bertz CT molecular complexity index is 744. The van der Waals surface area contributed by atoms with Gasteiger partial charge in [-0.3, -0.25) is 9.69 Å². The van der Waals surface area contributed by atoms with Crippen molar-refractivity contribution >= 4 is 17.6 Å². The van der Waals surface area contributed by atoms with Gasteiger partial charge >= 0.3 is 6.03 Å². The summed E-state index contributed by atoms with van der Waals surface area (Å²) >= 11 is 0. The van der Waals surface area contributed by atoms with Crippen molar-refractivity contribution in [1.82, 2.24) is 14.7 Å². The van der Waals surface area contributed by atoms with Gasteiger partial charge in [0.05, 0.1) is 11.6 Å². The molecule has 26 heavy (non-hydrogen) atoms. The second kappa shape index (κ2) is 7.34. The number of piperazine rings is 1. The summed E-state index contributed by atoms with van der Waals surface area (Å²) in [6, 6.07) is 8.84. The minimum Gasteiger partial charge on any atom is -0.346 e. The lowest BCUT2D eigenvalue weighted by Crippen LogP contribution is -2.62. The SMILES string of the molecule is CN1CCC2(CCC1=O)CN(C(=O)Nc1cccc(C#N)c1)CCN2C. The van der Waals surface area contributed by atoms with Crippen LogP contribution in [0.3, 0.4) is 0 Å². The standard InChI is InChI=1S/C19H25N5O2/c1-22-9-8-19(7-6-17(22)25)14-24(11-10-23(19)2)18(26)21-16-5-3-4-15(12-16)13-20/h3-5,12H,6-11,14H2,1-2H3,(H,21,26). The number of carbonyl (C=O) groups is 2. The molecule has 1 atom stereocenters. The topological polar surface area (TPSA) is 79.7 Å². The average Bonchev–Trinajstić information content (AvgIpc) is 2.79. The van der Waals surface area contributed by atoms with Crippen molar-refractivity contribution in [3.05, 3.63) is 29.8 Å². The minimum absolute atomic E-state index is 0.156. The van der Waals surface area contributed by atoms with Crippen molar-refractivity contribution < 1.29 is 9.59 Å². The molecule has 7 nitrogen and oxygen atoms in total.